The number of anilines is 2. The predicted octanol–water partition coefficient (Wildman–Crippen LogP) is 3.19. The summed E-state index contributed by atoms with van der Waals surface area (Å²) >= 11 is 1.61. The highest BCUT2D eigenvalue weighted by Gasteiger charge is 2.17. The number of hydrogen-bond donors (Lipinski definition) is 2. The van der Waals surface area contributed by atoms with Gasteiger partial charge < -0.3 is 10.6 Å². The van der Waals surface area contributed by atoms with Crippen molar-refractivity contribution < 1.29 is 4.92 Å². The van der Waals surface area contributed by atoms with Crippen molar-refractivity contribution in [3.05, 3.63) is 38.2 Å². The third kappa shape index (κ3) is 3.88. The molecule has 0 aliphatic rings. The molecule has 112 valence electrons. The van der Waals surface area contributed by atoms with Crippen molar-refractivity contribution in [1.29, 1.82) is 0 Å². The van der Waals surface area contributed by atoms with Gasteiger partial charge in [0.1, 0.15) is 6.20 Å². The van der Waals surface area contributed by atoms with Crippen molar-refractivity contribution in [3.8, 4) is 0 Å². The molecule has 0 saturated heterocycles. The number of thiophene rings is 1. The lowest BCUT2D eigenvalue weighted by Crippen LogP contribution is -2.09. The Labute approximate surface area is 126 Å². The van der Waals surface area contributed by atoms with Gasteiger partial charge in [-0.3, -0.25) is 10.1 Å². The number of rotatable bonds is 7. The van der Waals surface area contributed by atoms with E-state index in [1.165, 1.54) is 6.20 Å². The van der Waals surface area contributed by atoms with Crippen LogP contribution in [-0.2, 0) is 6.54 Å². The van der Waals surface area contributed by atoms with Crippen LogP contribution in [0.2, 0.25) is 0 Å². The van der Waals surface area contributed by atoms with Crippen LogP contribution >= 0.6 is 11.3 Å². The molecule has 8 heteroatoms. The predicted molar refractivity (Wildman–Crippen MR) is 83.8 cm³/mol. The molecule has 2 aromatic heterocycles. The lowest BCUT2D eigenvalue weighted by Gasteiger charge is -2.08. The minimum absolute atomic E-state index is 0.119. The van der Waals surface area contributed by atoms with E-state index >= 15 is 0 Å². The maximum absolute atomic E-state index is 11.0. The lowest BCUT2D eigenvalue weighted by atomic mass is 10.3. The molecule has 0 bridgehead atoms. The Hall–Kier alpha value is -2.22. The second-order valence-corrected chi connectivity index (χ2v) is 5.49. The molecule has 0 atom stereocenters. The largest absolute Gasteiger partial charge is 0.359 e. The average Bonchev–Trinajstić information content (AvgIpc) is 2.88. The fourth-order valence-electron chi connectivity index (χ4n) is 1.71. The standard InChI is InChI=1S/C13H17N5O2S/c1-3-5-14-13-16-7-10(18(19)20)12(17-13)15-8-11-9(2)4-6-21-11/h4,6-7H,3,5,8H2,1-2H3,(H2,14,15,16,17). The fourth-order valence-corrected chi connectivity index (χ4v) is 2.56. The van der Waals surface area contributed by atoms with E-state index in [-0.39, 0.29) is 11.5 Å². The molecule has 2 heterocycles. The number of aromatic nitrogens is 2. The number of nitro groups is 1. The summed E-state index contributed by atoms with van der Waals surface area (Å²) in [6.07, 6.45) is 2.16. The summed E-state index contributed by atoms with van der Waals surface area (Å²) in [6.45, 7) is 5.27. The molecule has 21 heavy (non-hydrogen) atoms. The van der Waals surface area contributed by atoms with Gasteiger partial charge in [-0.15, -0.1) is 11.3 Å². The van der Waals surface area contributed by atoms with Gasteiger partial charge in [-0.1, -0.05) is 6.92 Å². The van der Waals surface area contributed by atoms with Gasteiger partial charge >= 0.3 is 5.69 Å². The van der Waals surface area contributed by atoms with E-state index in [1.54, 1.807) is 11.3 Å². The first-order valence-electron chi connectivity index (χ1n) is 6.64. The first-order valence-corrected chi connectivity index (χ1v) is 7.52. The summed E-state index contributed by atoms with van der Waals surface area (Å²) in [5.74, 6) is 0.634. The molecule has 2 rings (SSSR count). The summed E-state index contributed by atoms with van der Waals surface area (Å²) in [7, 11) is 0. The molecular formula is C13H17N5O2S. The maximum Gasteiger partial charge on any atom is 0.329 e. The van der Waals surface area contributed by atoms with Crippen LogP contribution in [0.3, 0.4) is 0 Å². The lowest BCUT2D eigenvalue weighted by molar-refractivity contribution is -0.384. The molecule has 0 aromatic carbocycles. The van der Waals surface area contributed by atoms with Crippen molar-refractivity contribution in [2.24, 2.45) is 0 Å². The molecule has 0 aliphatic heterocycles. The summed E-state index contributed by atoms with van der Waals surface area (Å²) in [5.41, 5.74) is 1.04. The third-order valence-electron chi connectivity index (χ3n) is 2.88. The molecular weight excluding hydrogens is 290 g/mol. The number of hydrogen-bond acceptors (Lipinski definition) is 7. The molecule has 2 aromatic rings. The summed E-state index contributed by atoms with van der Waals surface area (Å²) in [4.78, 5) is 19.8. The molecule has 0 spiro atoms. The quantitative estimate of drug-likeness (QED) is 0.603. The summed E-state index contributed by atoms with van der Waals surface area (Å²) < 4.78 is 0. The van der Waals surface area contributed by atoms with Gasteiger partial charge in [-0.25, -0.2) is 4.98 Å². The van der Waals surface area contributed by atoms with Crippen LogP contribution in [0.15, 0.2) is 17.6 Å². The van der Waals surface area contributed by atoms with Crippen LogP contribution in [-0.4, -0.2) is 21.4 Å². The smallest absolute Gasteiger partial charge is 0.329 e. The van der Waals surface area contributed by atoms with Crippen molar-refractivity contribution in [3.63, 3.8) is 0 Å². The second kappa shape index (κ2) is 6.98. The number of nitrogens with zero attached hydrogens (tertiary/aromatic N) is 3. The van der Waals surface area contributed by atoms with Gasteiger partial charge in [0, 0.05) is 11.4 Å². The Balaban J connectivity index is 2.17. The van der Waals surface area contributed by atoms with Crippen molar-refractivity contribution in [2.75, 3.05) is 17.2 Å². The first-order chi connectivity index (χ1) is 10.1. The molecule has 7 nitrogen and oxygen atoms in total. The van der Waals surface area contributed by atoms with Crippen LogP contribution in [0.1, 0.15) is 23.8 Å². The van der Waals surface area contributed by atoms with Crippen LogP contribution in [0.4, 0.5) is 17.5 Å². The number of aryl methyl sites for hydroxylation is 1. The van der Waals surface area contributed by atoms with E-state index in [1.807, 2.05) is 25.3 Å². The van der Waals surface area contributed by atoms with Gasteiger partial charge in [-0.2, -0.15) is 4.98 Å². The Kier molecular flexibility index (Phi) is 5.04. The van der Waals surface area contributed by atoms with E-state index in [9.17, 15) is 10.1 Å². The second-order valence-electron chi connectivity index (χ2n) is 4.49. The number of nitrogens with one attached hydrogen (secondary N) is 2. The third-order valence-corrected chi connectivity index (χ3v) is 3.91. The average molecular weight is 307 g/mol. The minimum Gasteiger partial charge on any atom is -0.359 e. The summed E-state index contributed by atoms with van der Waals surface area (Å²) in [5, 5.41) is 19.1. The zero-order valence-corrected chi connectivity index (χ0v) is 12.7. The van der Waals surface area contributed by atoms with Crippen LogP contribution in [0, 0.1) is 17.0 Å². The highest BCUT2D eigenvalue weighted by atomic mass is 32.1. The normalized spacial score (nSPS) is 10.4. The first kappa shape index (κ1) is 15.2. The van der Waals surface area contributed by atoms with Gasteiger partial charge in [0.2, 0.25) is 11.8 Å². The Bertz CT molecular complexity index is 629. The van der Waals surface area contributed by atoms with E-state index in [0.29, 0.717) is 12.5 Å². The Morgan fingerprint density at radius 3 is 2.86 bits per heavy atom. The summed E-state index contributed by atoms with van der Waals surface area (Å²) in [6, 6.07) is 2.02. The molecule has 0 fully saturated rings. The molecule has 0 radical (unpaired) electrons. The van der Waals surface area contributed by atoms with Crippen molar-refractivity contribution in [1.82, 2.24) is 9.97 Å². The van der Waals surface area contributed by atoms with E-state index < -0.39 is 4.92 Å². The topological polar surface area (TPSA) is 93.0 Å². The van der Waals surface area contributed by atoms with E-state index in [0.717, 1.165) is 23.4 Å². The van der Waals surface area contributed by atoms with Crippen molar-refractivity contribution in [2.45, 2.75) is 26.8 Å². The van der Waals surface area contributed by atoms with Gasteiger partial charge in [0.25, 0.3) is 0 Å². The Morgan fingerprint density at radius 1 is 1.43 bits per heavy atom. The van der Waals surface area contributed by atoms with Gasteiger partial charge in [-0.05, 0) is 30.4 Å². The molecule has 0 unspecified atom stereocenters. The van der Waals surface area contributed by atoms with Crippen LogP contribution in [0.5, 0.6) is 0 Å². The monoisotopic (exact) mass is 307 g/mol. The van der Waals surface area contributed by atoms with Crippen molar-refractivity contribution >= 4 is 28.8 Å². The molecule has 2 N–H and O–H groups in total. The van der Waals surface area contributed by atoms with Gasteiger partial charge in [0.15, 0.2) is 0 Å². The van der Waals surface area contributed by atoms with E-state index in [2.05, 4.69) is 20.6 Å². The molecule has 0 aliphatic carbocycles. The molecule has 0 amide bonds. The minimum atomic E-state index is -0.479. The molecule has 0 saturated carbocycles. The highest BCUT2D eigenvalue weighted by molar-refractivity contribution is 7.10. The Morgan fingerprint density at radius 2 is 2.24 bits per heavy atom. The van der Waals surface area contributed by atoms with Crippen LogP contribution in [0.25, 0.3) is 0 Å². The SMILES string of the molecule is CCCNc1ncc([N+](=O)[O-])c(NCc2sccc2C)n1. The fraction of sp³-hybridized carbons (Fsp3) is 0.385. The van der Waals surface area contributed by atoms with E-state index in [4.69, 9.17) is 0 Å². The zero-order valence-electron chi connectivity index (χ0n) is 11.9. The van der Waals surface area contributed by atoms with Gasteiger partial charge in [0.05, 0.1) is 11.5 Å². The maximum atomic E-state index is 11.0. The van der Waals surface area contributed by atoms with Crippen LogP contribution < -0.4 is 10.6 Å². The highest BCUT2D eigenvalue weighted by Crippen LogP contribution is 2.24. The zero-order chi connectivity index (χ0) is 15.2.